The van der Waals surface area contributed by atoms with Gasteiger partial charge in [0, 0.05) is 12.1 Å². The van der Waals surface area contributed by atoms with E-state index < -0.39 is 0 Å². The highest BCUT2D eigenvalue weighted by Gasteiger charge is 2.26. The van der Waals surface area contributed by atoms with Crippen LogP contribution in [0.4, 0.5) is 0 Å². The molecule has 5 heteroatoms. The Morgan fingerprint density at radius 2 is 1.74 bits per heavy atom. The Morgan fingerprint density at radius 3 is 2.48 bits per heavy atom. The Hall–Kier alpha value is -2.79. The highest BCUT2D eigenvalue weighted by Crippen LogP contribution is 2.37. The number of methoxy groups -OCH3 is 2. The maximum atomic E-state index is 12.9. The first-order valence-corrected chi connectivity index (χ1v) is 9.14. The summed E-state index contributed by atoms with van der Waals surface area (Å²) in [6.07, 6.45) is 0.885. The van der Waals surface area contributed by atoms with E-state index in [4.69, 9.17) is 9.47 Å². The number of rotatable bonds is 3. The third kappa shape index (κ3) is 2.88. The SMILES string of the molecule is COc1cc2c(cc1OC)C(c1cc3ccc(C)c(C)c3[nH]c1=O)NCC2. The third-order valence-electron chi connectivity index (χ3n) is 5.59. The maximum Gasteiger partial charge on any atom is 0.253 e. The van der Waals surface area contributed by atoms with Crippen molar-refractivity contribution in [2.75, 3.05) is 20.8 Å². The van der Waals surface area contributed by atoms with Crippen LogP contribution < -0.4 is 20.3 Å². The fourth-order valence-corrected chi connectivity index (χ4v) is 3.92. The summed E-state index contributed by atoms with van der Waals surface area (Å²) in [6.45, 7) is 4.90. The van der Waals surface area contributed by atoms with Gasteiger partial charge in [-0.3, -0.25) is 4.79 Å². The van der Waals surface area contributed by atoms with Crippen molar-refractivity contribution in [3.8, 4) is 11.5 Å². The second kappa shape index (κ2) is 6.74. The van der Waals surface area contributed by atoms with Crippen LogP contribution in [-0.4, -0.2) is 25.7 Å². The van der Waals surface area contributed by atoms with Crippen molar-refractivity contribution in [1.29, 1.82) is 0 Å². The lowest BCUT2D eigenvalue weighted by Crippen LogP contribution is -2.34. The molecule has 1 aliphatic heterocycles. The Labute approximate surface area is 158 Å². The van der Waals surface area contributed by atoms with E-state index in [9.17, 15) is 4.79 Å². The second-order valence-electron chi connectivity index (χ2n) is 7.07. The van der Waals surface area contributed by atoms with E-state index in [-0.39, 0.29) is 11.6 Å². The number of aromatic nitrogens is 1. The largest absolute Gasteiger partial charge is 0.493 e. The summed E-state index contributed by atoms with van der Waals surface area (Å²) in [6, 6.07) is 9.98. The van der Waals surface area contributed by atoms with Crippen LogP contribution in [-0.2, 0) is 6.42 Å². The first-order valence-electron chi connectivity index (χ1n) is 9.14. The topological polar surface area (TPSA) is 63.4 Å². The van der Waals surface area contributed by atoms with Crippen LogP contribution in [0.1, 0.15) is 33.9 Å². The molecular weight excluding hydrogens is 340 g/mol. The molecule has 140 valence electrons. The number of H-pyrrole nitrogens is 1. The molecule has 1 aliphatic rings. The first kappa shape index (κ1) is 17.6. The smallest absolute Gasteiger partial charge is 0.253 e. The monoisotopic (exact) mass is 364 g/mol. The quantitative estimate of drug-likeness (QED) is 0.748. The van der Waals surface area contributed by atoms with Gasteiger partial charge in [0.1, 0.15) is 0 Å². The molecular formula is C22H24N2O3. The van der Waals surface area contributed by atoms with E-state index in [0.29, 0.717) is 5.75 Å². The zero-order chi connectivity index (χ0) is 19.1. The van der Waals surface area contributed by atoms with E-state index in [0.717, 1.165) is 46.3 Å². The van der Waals surface area contributed by atoms with Gasteiger partial charge < -0.3 is 19.8 Å². The highest BCUT2D eigenvalue weighted by atomic mass is 16.5. The van der Waals surface area contributed by atoms with Crippen molar-refractivity contribution >= 4 is 10.9 Å². The number of benzene rings is 2. The maximum absolute atomic E-state index is 12.9. The van der Waals surface area contributed by atoms with Crippen molar-refractivity contribution in [3.63, 3.8) is 0 Å². The van der Waals surface area contributed by atoms with E-state index >= 15 is 0 Å². The summed E-state index contributed by atoms with van der Waals surface area (Å²) >= 11 is 0. The van der Waals surface area contributed by atoms with Crippen molar-refractivity contribution in [2.24, 2.45) is 0 Å². The number of hydrogen-bond donors (Lipinski definition) is 2. The molecule has 0 bridgehead atoms. The zero-order valence-corrected chi connectivity index (χ0v) is 16.1. The molecule has 2 heterocycles. The molecule has 1 aromatic heterocycles. The molecule has 1 unspecified atom stereocenters. The molecule has 0 fully saturated rings. The molecule has 0 aliphatic carbocycles. The summed E-state index contributed by atoms with van der Waals surface area (Å²) in [4.78, 5) is 16.0. The van der Waals surface area contributed by atoms with Crippen LogP contribution in [0, 0.1) is 13.8 Å². The van der Waals surface area contributed by atoms with Crippen molar-refractivity contribution in [2.45, 2.75) is 26.3 Å². The molecule has 27 heavy (non-hydrogen) atoms. The number of pyridine rings is 1. The van der Waals surface area contributed by atoms with Gasteiger partial charge in [-0.15, -0.1) is 0 Å². The Balaban J connectivity index is 1.90. The molecule has 3 aromatic rings. The number of fused-ring (bicyclic) bond motifs is 2. The van der Waals surface area contributed by atoms with Crippen LogP contribution in [0.2, 0.25) is 0 Å². The van der Waals surface area contributed by atoms with Crippen LogP contribution >= 0.6 is 0 Å². The normalized spacial score (nSPS) is 16.2. The minimum absolute atomic E-state index is 0.0589. The molecule has 5 nitrogen and oxygen atoms in total. The van der Waals surface area contributed by atoms with Gasteiger partial charge in [0.2, 0.25) is 0 Å². The minimum Gasteiger partial charge on any atom is -0.493 e. The molecule has 0 saturated carbocycles. The van der Waals surface area contributed by atoms with Gasteiger partial charge >= 0.3 is 0 Å². The summed E-state index contributed by atoms with van der Waals surface area (Å²) < 4.78 is 10.9. The number of aryl methyl sites for hydroxylation is 2. The number of nitrogens with one attached hydrogen (secondary N) is 2. The van der Waals surface area contributed by atoms with Gasteiger partial charge in [0.25, 0.3) is 5.56 Å². The Morgan fingerprint density at radius 1 is 1.00 bits per heavy atom. The second-order valence-corrected chi connectivity index (χ2v) is 7.07. The predicted octanol–water partition coefficient (Wildman–Crippen LogP) is 3.40. The Kier molecular flexibility index (Phi) is 4.40. The van der Waals surface area contributed by atoms with Crippen molar-refractivity contribution in [3.05, 3.63) is 68.5 Å². The summed E-state index contributed by atoms with van der Waals surface area (Å²) in [5.41, 5.74) is 6.09. The molecule has 0 spiro atoms. The summed E-state index contributed by atoms with van der Waals surface area (Å²) in [7, 11) is 3.27. The van der Waals surface area contributed by atoms with Crippen LogP contribution in [0.25, 0.3) is 10.9 Å². The molecule has 1 atom stereocenters. The first-order chi connectivity index (χ1) is 13.0. The van der Waals surface area contributed by atoms with Gasteiger partial charge in [-0.2, -0.15) is 0 Å². The van der Waals surface area contributed by atoms with Gasteiger partial charge in [-0.1, -0.05) is 12.1 Å². The van der Waals surface area contributed by atoms with Gasteiger partial charge in [0.05, 0.1) is 25.8 Å². The van der Waals surface area contributed by atoms with Crippen LogP contribution in [0.3, 0.4) is 0 Å². The Bertz CT molecular complexity index is 1090. The average molecular weight is 364 g/mol. The van der Waals surface area contributed by atoms with E-state index in [1.54, 1.807) is 14.2 Å². The molecule has 0 amide bonds. The van der Waals surface area contributed by atoms with Gasteiger partial charge in [-0.05, 0) is 66.1 Å². The van der Waals surface area contributed by atoms with Crippen molar-refractivity contribution < 1.29 is 9.47 Å². The minimum atomic E-state index is -0.177. The fraction of sp³-hybridized carbons (Fsp3) is 0.318. The van der Waals surface area contributed by atoms with Gasteiger partial charge in [0.15, 0.2) is 11.5 Å². The predicted molar refractivity (Wildman–Crippen MR) is 107 cm³/mol. The number of ether oxygens (including phenoxy) is 2. The lowest BCUT2D eigenvalue weighted by atomic mass is 9.89. The van der Waals surface area contributed by atoms with Crippen LogP contribution in [0.15, 0.2) is 35.1 Å². The van der Waals surface area contributed by atoms with Crippen molar-refractivity contribution in [1.82, 2.24) is 10.3 Å². The van der Waals surface area contributed by atoms with E-state index in [1.807, 2.05) is 25.1 Å². The fourth-order valence-electron chi connectivity index (χ4n) is 3.92. The average Bonchev–Trinajstić information content (AvgIpc) is 2.69. The zero-order valence-electron chi connectivity index (χ0n) is 16.1. The lowest BCUT2D eigenvalue weighted by Gasteiger charge is -2.28. The number of hydrogen-bond acceptors (Lipinski definition) is 4. The van der Waals surface area contributed by atoms with Gasteiger partial charge in [-0.25, -0.2) is 0 Å². The molecule has 2 N–H and O–H groups in total. The molecule has 0 radical (unpaired) electrons. The number of aromatic amines is 1. The molecule has 2 aromatic carbocycles. The summed E-state index contributed by atoms with van der Waals surface area (Å²) in [5.74, 6) is 1.39. The van der Waals surface area contributed by atoms with E-state index in [2.05, 4.69) is 29.4 Å². The van der Waals surface area contributed by atoms with E-state index in [1.165, 1.54) is 11.1 Å². The highest BCUT2D eigenvalue weighted by molar-refractivity contribution is 5.83. The molecule has 4 rings (SSSR count). The lowest BCUT2D eigenvalue weighted by molar-refractivity contribution is 0.353. The van der Waals surface area contributed by atoms with Crippen LogP contribution in [0.5, 0.6) is 11.5 Å². The third-order valence-corrected chi connectivity index (χ3v) is 5.59. The summed E-state index contributed by atoms with van der Waals surface area (Å²) in [5, 5.41) is 4.54. The standard InChI is InChI=1S/C22H24N2O3/c1-12-5-6-15-9-17(22(25)24-20(15)13(12)2)21-16-11-19(27-4)18(26-3)10-14(16)7-8-23-21/h5-6,9-11,21,23H,7-8H2,1-4H3,(H,24,25). The molecule has 0 saturated heterocycles.